The van der Waals surface area contributed by atoms with Crippen molar-refractivity contribution >= 4 is 43.7 Å². The molecule has 0 aliphatic rings. The molecule has 74 heavy (non-hydrogen) atoms. The number of hydrogen-bond donors (Lipinski definition) is 0. The molecule has 0 aliphatic heterocycles. The average molecular weight is 945 g/mol. The van der Waals surface area contributed by atoms with Crippen molar-refractivity contribution in [2.45, 2.75) is 0 Å². The molecule has 0 unspecified atom stereocenters. The van der Waals surface area contributed by atoms with E-state index in [0.29, 0.717) is 23.1 Å². The van der Waals surface area contributed by atoms with Crippen LogP contribution in [-0.2, 0) is 0 Å². The van der Waals surface area contributed by atoms with Gasteiger partial charge in [-0.2, -0.15) is 0 Å². The molecule has 5 heteroatoms. The number of nitrogens with zero attached hydrogens (tertiary/aromatic N) is 4. The molecule has 11 aromatic carbocycles. The van der Waals surface area contributed by atoms with Gasteiger partial charge in [-0.3, -0.25) is 0 Å². The Kier molecular flexibility index (Phi) is 10.4. The molecule has 3 aromatic heterocycles. The van der Waals surface area contributed by atoms with Crippen molar-refractivity contribution in [3.8, 4) is 95.5 Å². The van der Waals surface area contributed by atoms with Crippen LogP contribution in [-0.4, -0.2) is 19.5 Å². The van der Waals surface area contributed by atoms with E-state index in [1.165, 1.54) is 27.6 Å². The number of fused-ring (bicyclic) bond motifs is 6. The smallest absolute Gasteiger partial charge is 0.167 e. The Morgan fingerprint density at radius 3 is 1.22 bits per heavy atom. The van der Waals surface area contributed by atoms with Gasteiger partial charge in [-0.15, -0.1) is 0 Å². The SMILES string of the molecule is c1ccc(-c2cc(-c3ccccc3)cc(-c3ccc4c(c3)c3ccccc3n4-c3cccc4c3oc3c(-c5nc(-c6cccc(-c7ccccc7)c6)nc(-c6cccc(-c7ccccc7)c6)n5)cccc34)c2)cc1. The van der Waals surface area contributed by atoms with Crippen molar-refractivity contribution in [1.82, 2.24) is 19.5 Å². The summed E-state index contributed by atoms with van der Waals surface area (Å²) < 4.78 is 9.57. The second-order valence-corrected chi connectivity index (χ2v) is 18.8. The van der Waals surface area contributed by atoms with Crippen LogP contribution < -0.4 is 0 Å². The number of rotatable bonds is 9. The lowest BCUT2D eigenvalue weighted by Gasteiger charge is -2.12. The van der Waals surface area contributed by atoms with E-state index in [1.807, 2.05) is 12.1 Å². The van der Waals surface area contributed by atoms with Crippen LogP contribution in [0.3, 0.4) is 0 Å². The first-order valence-corrected chi connectivity index (χ1v) is 25.0. The zero-order chi connectivity index (χ0) is 49.0. The van der Waals surface area contributed by atoms with Gasteiger partial charge in [-0.25, -0.2) is 15.0 Å². The third kappa shape index (κ3) is 7.63. The van der Waals surface area contributed by atoms with Crippen LogP contribution in [0.25, 0.3) is 139 Å². The molecule has 0 spiro atoms. The molecule has 346 valence electrons. The molecule has 0 atom stereocenters. The Morgan fingerprint density at radius 1 is 0.243 bits per heavy atom. The summed E-state index contributed by atoms with van der Waals surface area (Å²) in [6, 6.07) is 94.2. The number of furan rings is 1. The number of aromatic nitrogens is 4. The Morgan fingerprint density at radius 2 is 0.635 bits per heavy atom. The zero-order valence-corrected chi connectivity index (χ0v) is 40.1. The monoisotopic (exact) mass is 944 g/mol. The quantitative estimate of drug-likeness (QED) is 0.145. The summed E-state index contributed by atoms with van der Waals surface area (Å²) in [7, 11) is 0. The molecule has 0 amide bonds. The van der Waals surface area contributed by atoms with E-state index >= 15 is 0 Å². The van der Waals surface area contributed by atoms with Crippen molar-refractivity contribution in [2.24, 2.45) is 0 Å². The lowest BCUT2D eigenvalue weighted by Crippen LogP contribution is -2.00. The molecule has 0 fully saturated rings. The van der Waals surface area contributed by atoms with Gasteiger partial charge in [0.15, 0.2) is 23.1 Å². The van der Waals surface area contributed by atoms with Gasteiger partial charge in [-0.05, 0) is 116 Å². The number of para-hydroxylation sites is 3. The summed E-state index contributed by atoms with van der Waals surface area (Å²) in [6.07, 6.45) is 0. The lowest BCUT2D eigenvalue weighted by atomic mass is 9.93. The maximum Gasteiger partial charge on any atom is 0.167 e. The molecule has 0 N–H and O–H groups in total. The Bertz CT molecular complexity index is 4250. The topological polar surface area (TPSA) is 56.7 Å². The highest BCUT2D eigenvalue weighted by molar-refractivity contribution is 6.15. The maximum absolute atomic E-state index is 7.22. The largest absolute Gasteiger partial charge is 0.453 e. The van der Waals surface area contributed by atoms with Gasteiger partial charge in [0.2, 0.25) is 0 Å². The van der Waals surface area contributed by atoms with Gasteiger partial charge in [0, 0.05) is 32.7 Å². The van der Waals surface area contributed by atoms with Crippen LogP contribution in [0.4, 0.5) is 0 Å². The van der Waals surface area contributed by atoms with E-state index in [0.717, 1.165) is 88.5 Å². The molecule has 0 aliphatic carbocycles. The molecular weight excluding hydrogens is 901 g/mol. The third-order valence-electron chi connectivity index (χ3n) is 14.2. The second kappa shape index (κ2) is 18.0. The fourth-order valence-corrected chi connectivity index (χ4v) is 10.6. The highest BCUT2D eigenvalue weighted by Gasteiger charge is 2.22. The Balaban J connectivity index is 0.931. The second-order valence-electron chi connectivity index (χ2n) is 18.8. The molecule has 0 radical (unpaired) electrons. The standard InChI is InChI=1S/C69H44N4O/c1-5-19-45(20-6-1)49-27-15-29-52(39-49)67-70-68(53-30-16-28-50(40-53)46-21-7-2-8-22-46)72-69(71-67)60-34-17-32-58-59-33-18-36-64(66(59)74-65(58)60)73-62-35-14-13-31-57(62)61-44-51(37-38-63(61)73)56-42-54(47-23-9-3-10-24-47)41-55(43-56)48-25-11-4-12-26-48/h1-44H. The van der Waals surface area contributed by atoms with E-state index < -0.39 is 0 Å². The first-order chi connectivity index (χ1) is 36.7. The lowest BCUT2D eigenvalue weighted by molar-refractivity contribution is 0.667. The van der Waals surface area contributed by atoms with Gasteiger partial charge >= 0.3 is 0 Å². The van der Waals surface area contributed by atoms with Crippen molar-refractivity contribution in [2.75, 3.05) is 0 Å². The van der Waals surface area contributed by atoms with Gasteiger partial charge in [0.25, 0.3) is 0 Å². The summed E-state index contributed by atoms with van der Waals surface area (Å²) in [5.74, 6) is 1.69. The summed E-state index contributed by atoms with van der Waals surface area (Å²) in [5, 5.41) is 4.32. The van der Waals surface area contributed by atoms with Gasteiger partial charge in [-0.1, -0.05) is 206 Å². The minimum Gasteiger partial charge on any atom is -0.453 e. The van der Waals surface area contributed by atoms with Crippen molar-refractivity contribution in [1.29, 1.82) is 0 Å². The molecule has 0 saturated carbocycles. The van der Waals surface area contributed by atoms with E-state index in [-0.39, 0.29) is 0 Å². The molecule has 5 nitrogen and oxygen atoms in total. The maximum atomic E-state index is 7.22. The zero-order valence-electron chi connectivity index (χ0n) is 40.1. The Labute approximate surface area is 428 Å². The fraction of sp³-hybridized carbons (Fsp3) is 0. The average Bonchev–Trinajstić information content (AvgIpc) is 4.04. The van der Waals surface area contributed by atoms with Crippen LogP contribution >= 0.6 is 0 Å². The fourth-order valence-electron chi connectivity index (χ4n) is 10.6. The van der Waals surface area contributed by atoms with E-state index in [2.05, 4.69) is 259 Å². The summed E-state index contributed by atoms with van der Waals surface area (Å²) in [4.78, 5) is 15.8. The summed E-state index contributed by atoms with van der Waals surface area (Å²) >= 11 is 0. The van der Waals surface area contributed by atoms with Crippen LogP contribution in [0.15, 0.2) is 271 Å². The van der Waals surface area contributed by atoms with Gasteiger partial charge in [0.05, 0.1) is 22.3 Å². The predicted molar refractivity (Wildman–Crippen MR) is 305 cm³/mol. The van der Waals surface area contributed by atoms with E-state index in [9.17, 15) is 0 Å². The van der Waals surface area contributed by atoms with Crippen LogP contribution in [0.2, 0.25) is 0 Å². The predicted octanol–water partition coefficient (Wildman–Crippen LogP) is 18.2. The first-order valence-electron chi connectivity index (χ1n) is 25.0. The van der Waals surface area contributed by atoms with Gasteiger partial charge in [0.1, 0.15) is 5.58 Å². The summed E-state index contributed by atoms with van der Waals surface area (Å²) in [6.45, 7) is 0. The van der Waals surface area contributed by atoms with Crippen LogP contribution in [0.1, 0.15) is 0 Å². The number of benzene rings is 11. The Hall–Kier alpha value is -9.97. The minimum absolute atomic E-state index is 0.530. The molecule has 14 aromatic rings. The first kappa shape index (κ1) is 42.9. The van der Waals surface area contributed by atoms with E-state index in [1.54, 1.807) is 0 Å². The summed E-state index contributed by atoms with van der Waals surface area (Å²) in [5.41, 5.74) is 18.7. The molecular formula is C69H44N4O. The normalized spacial score (nSPS) is 11.5. The van der Waals surface area contributed by atoms with Crippen LogP contribution in [0.5, 0.6) is 0 Å². The minimum atomic E-state index is 0.530. The molecule has 14 rings (SSSR count). The molecule has 3 heterocycles. The molecule has 0 saturated heterocycles. The van der Waals surface area contributed by atoms with Crippen LogP contribution in [0, 0.1) is 0 Å². The highest BCUT2D eigenvalue weighted by Crippen LogP contribution is 2.43. The molecule has 0 bridgehead atoms. The van der Waals surface area contributed by atoms with E-state index in [4.69, 9.17) is 19.4 Å². The highest BCUT2D eigenvalue weighted by atomic mass is 16.3. The van der Waals surface area contributed by atoms with Crippen molar-refractivity contribution < 1.29 is 4.42 Å². The third-order valence-corrected chi connectivity index (χ3v) is 14.2. The van der Waals surface area contributed by atoms with Gasteiger partial charge < -0.3 is 8.98 Å². The van der Waals surface area contributed by atoms with Crippen molar-refractivity contribution in [3.05, 3.63) is 267 Å². The van der Waals surface area contributed by atoms with Crippen molar-refractivity contribution in [3.63, 3.8) is 0 Å². The number of hydrogen-bond acceptors (Lipinski definition) is 4.